The second-order valence-electron chi connectivity index (χ2n) is 7.04. The van der Waals surface area contributed by atoms with E-state index in [1.807, 2.05) is 6.07 Å². The number of carboxylic acids is 1. The Morgan fingerprint density at radius 3 is 2.59 bits per heavy atom. The van der Waals surface area contributed by atoms with E-state index in [1.54, 1.807) is 30.8 Å². The van der Waals surface area contributed by atoms with Crippen molar-refractivity contribution in [1.29, 1.82) is 0 Å². The normalized spacial score (nSPS) is 10.9. The van der Waals surface area contributed by atoms with Gasteiger partial charge in [0.05, 0.1) is 6.57 Å². The van der Waals surface area contributed by atoms with Crippen LogP contribution in [0.2, 0.25) is 0 Å². The second kappa shape index (κ2) is 12.2. The van der Waals surface area contributed by atoms with E-state index in [1.165, 1.54) is 6.20 Å². The maximum absolute atomic E-state index is 14.2. The van der Waals surface area contributed by atoms with Crippen LogP contribution in [0, 0.1) is 31.2 Å². The smallest absolute Gasteiger partial charge is 0.356 e. The van der Waals surface area contributed by atoms with E-state index in [-0.39, 0.29) is 31.4 Å². The van der Waals surface area contributed by atoms with Crippen LogP contribution in [-0.4, -0.2) is 25.6 Å². The Labute approximate surface area is 199 Å². The first kappa shape index (κ1) is 27.1. The number of aromatic carboxylic acids is 1. The van der Waals surface area contributed by atoms with E-state index in [0.717, 1.165) is 24.5 Å². The van der Waals surface area contributed by atoms with Crippen LogP contribution in [0.4, 0.5) is 14.5 Å². The molecule has 0 aliphatic carbocycles. The minimum Gasteiger partial charge on any atom is -0.476 e. The molecule has 0 aliphatic heterocycles. The quantitative estimate of drug-likeness (QED) is 0.373. The van der Waals surface area contributed by atoms with Gasteiger partial charge in [0.25, 0.3) is 0 Å². The molecule has 0 aliphatic rings. The van der Waals surface area contributed by atoms with Crippen molar-refractivity contribution >= 4 is 11.7 Å². The van der Waals surface area contributed by atoms with E-state index >= 15 is 0 Å². The van der Waals surface area contributed by atoms with E-state index in [4.69, 9.17) is 11.7 Å². The number of halogens is 2. The van der Waals surface area contributed by atoms with Crippen LogP contribution in [0.15, 0.2) is 30.6 Å². The van der Waals surface area contributed by atoms with Crippen molar-refractivity contribution < 1.29 is 38.8 Å². The Balaban J connectivity index is 0.000000393. The van der Waals surface area contributed by atoms with Crippen LogP contribution < -0.4 is 0 Å². The van der Waals surface area contributed by atoms with Gasteiger partial charge < -0.3 is 14.7 Å². The fourth-order valence-electron chi connectivity index (χ4n) is 2.93. The minimum atomic E-state index is -0.983. The predicted molar refractivity (Wildman–Crippen MR) is 113 cm³/mol. The summed E-state index contributed by atoms with van der Waals surface area (Å²) >= 11 is 0. The average Bonchev–Trinajstić information content (AvgIpc) is 3.08. The van der Waals surface area contributed by atoms with Crippen LogP contribution in [0.3, 0.4) is 0 Å². The number of carbonyl (C=O) groups is 1. The average molecular weight is 618 g/mol. The van der Waals surface area contributed by atoms with Gasteiger partial charge in [0.15, 0.2) is 11.4 Å². The largest absolute Gasteiger partial charge is 0.476 e. The van der Waals surface area contributed by atoms with Gasteiger partial charge in [-0.1, -0.05) is 31.9 Å². The van der Waals surface area contributed by atoms with Gasteiger partial charge in [-0.25, -0.2) is 9.78 Å². The number of rotatable bonds is 5. The molecule has 0 saturated heterocycles. The third-order valence-electron chi connectivity index (χ3n) is 4.77. The molecule has 3 rings (SSSR count). The van der Waals surface area contributed by atoms with Crippen LogP contribution in [0.25, 0.3) is 16.1 Å². The Morgan fingerprint density at radius 1 is 1.41 bits per heavy atom. The van der Waals surface area contributed by atoms with Gasteiger partial charge in [-0.05, 0) is 31.0 Å². The fraction of sp³-hybridized carbons (Fsp3) is 0.304. The zero-order valence-electron chi connectivity index (χ0n) is 18.1. The van der Waals surface area contributed by atoms with Crippen LogP contribution in [-0.2, 0) is 27.2 Å². The van der Waals surface area contributed by atoms with Crippen molar-refractivity contribution in [3.63, 3.8) is 0 Å². The van der Waals surface area contributed by atoms with E-state index in [0.29, 0.717) is 17.4 Å². The number of hydrogen-bond acceptors (Lipinski definition) is 3. The summed E-state index contributed by atoms with van der Waals surface area (Å²) in [6, 6.07) is 7.19. The van der Waals surface area contributed by atoms with E-state index < -0.39 is 23.3 Å². The third kappa shape index (κ3) is 6.52. The number of aryl methyl sites for hydroxylation is 2. The number of benzene rings is 1. The van der Waals surface area contributed by atoms with Crippen molar-refractivity contribution in [2.75, 3.05) is 0 Å². The first-order valence-corrected chi connectivity index (χ1v) is 9.66. The summed E-state index contributed by atoms with van der Waals surface area (Å²) in [6.07, 6.45) is 5.16. The fourth-order valence-corrected chi connectivity index (χ4v) is 2.93. The minimum absolute atomic E-state index is 0. The SMILES string of the molecule is Cc1nc(C(=O)O)cn1C.[C-]#[N+]c1c(F)c[c-]c(-c2cc(C(C)CCC)ccn2)c1F.[Ir]. The molecule has 0 spiro atoms. The van der Waals surface area contributed by atoms with Gasteiger partial charge in [0, 0.05) is 51.2 Å². The zero-order chi connectivity index (χ0) is 23.1. The molecular weight excluding hydrogens is 594 g/mol. The summed E-state index contributed by atoms with van der Waals surface area (Å²) < 4.78 is 29.2. The van der Waals surface area contributed by atoms with Gasteiger partial charge in [-0.3, -0.25) is 13.6 Å². The molecule has 1 atom stereocenters. The summed E-state index contributed by atoms with van der Waals surface area (Å²) in [5.41, 5.74) is 0.937. The zero-order valence-corrected chi connectivity index (χ0v) is 20.5. The van der Waals surface area contributed by atoms with Gasteiger partial charge in [-0.2, -0.15) is 0 Å². The van der Waals surface area contributed by atoms with Crippen LogP contribution >= 0.6 is 0 Å². The number of pyridine rings is 1. The molecule has 0 fully saturated rings. The summed E-state index contributed by atoms with van der Waals surface area (Å²) in [5, 5.41) is 8.45. The topological polar surface area (TPSA) is 72.4 Å². The summed E-state index contributed by atoms with van der Waals surface area (Å²) in [4.78, 5) is 21.1. The molecule has 1 radical (unpaired) electrons. The third-order valence-corrected chi connectivity index (χ3v) is 4.77. The monoisotopic (exact) mass is 618 g/mol. The Morgan fingerprint density at radius 2 is 2.09 bits per heavy atom. The molecule has 1 unspecified atom stereocenters. The number of hydrogen-bond donors (Lipinski definition) is 1. The van der Waals surface area contributed by atoms with E-state index in [2.05, 4.69) is 34.7 Å². The summed E-state index contributed by atoms with van der Waals surface area (Å²) in [6.45, 7) is 12.8. The molecule has 0 amide bonds. The first-order valence-electron chi connectivity index (χ1n) is 9.66. The van der Waals surface area contributed by atoms with Crippen LogP contribution in [0.1, 0.15) is 54.5 Å². The Hall–Kier alpha value is -2.95. The summed E-state index contributed by atoms with van der Waals surface area (Å²) in [5.74, 6) is -1.75. The number of aromatic nitrogens is 3. The molecule has 2 aromatic heterocycles. The molecule has 1 N–H and O–H groups in total. The number of imidazole rings is 1. The molecule has 2 heterocycles. The summed E-state index contributed by atoms with van der Waals surface area (Å²) in [7, 11) is 1.76. The van der Waals surface area contributed by atoms with E-state index in [9.17, 15) is 13.6 Å². The molecule has 6 nitrogen and oxygen atoms in total. The van der Waals surface area contributed by atoms with Gasteiger partial charge >= 0.3 is 5.97 Å². The Kier molecular flexibility index (Phi) is 10.3. The molecule has 9 heteroatoms. The predicted octanol–water partition coefficient (Wildman–Crippen LogP) is 5.71. The molecule has 32 heavy (non-hydrogen) atoms. The van der Waals surface area contributed by atoms with Crippen molar-refractivity contribution in [3.05, 3.63) is 76.8 Å². The standard InChI is InChI=1S/C17H15F2N2.C6H8N2O2.Ir/c1-4-5-11(2)12-8-9-21-15(10-12)13-6-7-14(18)17(20-3)16(13)19;1-4-7-5(6(9)10)3-8(4)2;/h7-11H,4-5H2,1-2H3;3H,1-2H3,(H,9,10);/q-1;;. The number of carboxylic acid groups (broad SMARTS) is 1. The van der Waals surface area contributed by atoms with Gasteiger partial charge in [-0.15, -0.1) is 17.7 Å². The van der Waals surface area contributed by atoms with Crippen molar-refractivity contribution in [2.45, 2.75) is 39.5 Å². The maximum atomic E-state index is 14.2. The first-order chi connectivity index (χ1) is 14.7. The molecule has 171 valence electrons. The molecule has 1 aromatic carbocycles. The van der Waals surface area contributed by atoms with Crippen molar-refractivity contribution in [2.24, 2.45) is 7.05 Å². The second-order valence-corrected chi connectivity index (χ2v) is 7.04. The van der Waals surface area contributed by atoms with Crippen molar-refractivity contribution in [3.8, 4) is 11.3 Å². The molecular formula is C23H23F2IrN4O2-. The van der Waals surface area contributed by atoms with Gasteiger partial charge in [0.2, 0.25) is 0 Å². The molecule has 0 saturated carbocycles. The number of nitrogens with zero attached hydrogens (tertiary/aromatic N) is 4. The molecule has 0 bridgehead atoms. The maximum Gasteiger partial charge on any atom is 0.356 e. The van der Waals surface area contributed by atoms with Gasteiger partial charge in [0.1, 0.15) is 5.82 Å². The van der Waals surface area contributed by atoms with Crippen LogP contribution in [0.5, 0.6) is 0 Å². The molecule has 3 aromatic rings. The van der Waals surface area contributed by atoms with Crippen molar-refractivity contribution in [1.82, 2.24) is 14.5 Å². The Bertz CT molecular complexity index is 1110.